The van der Waals surface area contributed by atoms with Crippen LogP contribution in [0.15, 0.2) is 36.4 Å². The SMILES string of the molecule is Cc1cccc(Pc2cccc(C)c2C)c1C. The van der Waals surface area contributed by atoms with E-state index < -0.39 is 0 Å². The highest BCUT2D eigenvalue weighted by molar-refractivity contribution is 7.55. The Morgan fingerprint density at radius 2 is 1.06 bits per heavy atom. The van der Waals surface area contributed by atoms with Crippen molar-refractivity contribution < 1.29 is 0 Å². The standard InChI is InChI=1S/C16H19P/c1-11-7-5-9-15(13(11)3)17-16-10-6-8-12(2)14(16)4/h5-10,17H,1-4H3. The van der Waals surface area contributed by atoms with E-state index in [2.05, 4.69) is 64.1 Å². The van der Waals surface area contributed by atoms with Crippen LogP contribution in [0.5, 0.6) is 0 Å². The van der Waals surface area contributed by atoms with Crippen LogP contribution in [-0.2, 0) is 0 Å². The van der Waals surface area contributed by atoms with Crippen LogP contribution in [0.3, 0.4) is 0 Å². The van der Waals surface area contributed by atoms with Gasteiger partial charge < -0.3 is 0 Å². The molecule has 0 unspecified atom stereocenters. The van der Waals surface area contributed by atoms with E-state index in [1.807, 2.05) is 0 Å². The average Bonchev–Trinajstić information content (AvgIpc) is 2.31. The molecular formula is C16H19P. The predicted octanol–water partition coefficient (Wildman–Crippen LogP) is 3.55. The van der Waals surface area contributed by atoms with E-state index in [9.17, 15) is 0 Å². The Labute approximate surface area is 106 Å². The van der Waals surface area contributed by atoms with E-state index in [-0.39, 0.29) is 0 Å². The van der Waals surface area contributed by atoms with Crippen LogP contribution in [-0.4, -0.2) is 0 Å². The first-order valence-electron chi connectivity index (χ1n) is 5.99. The predicted molar refractivity (Wildman–Crippen MR) is 79.4 cm³/mol. The second-order valence-corrected chi connectivity index (χ2v) is 5.95. The van der Waals surface area contributed by atoms with Gasteiger partial charge in [-0.3, -0.25) is 0 Å². The minimum atomic E-state index is 0.767. The Hall–Kier alpha value is -1.13. The van der Waals surface area contributed by atoms with Crippen molar-refractivity contribution in [1.82, 2.24) is 0 Å². The van der Waals surface area contributed by atoms with Crippen LogP contribution in [0.25, 0.3) is 0 Å². The first-order valence-corrected chi connectivity index (χ1v) is 6.99. The number of rotatable bonds is 2. The molecule has 0 aliphatic carbocycles. The molecule has 88 valence electrons. The molecule has 0 aliphatic rings. The molecule has 0 saturated heterocycles. The Bertz CT molecular complexity index is 492. The molecule has 17 heavy (non-hydrogen) atoms. The van der Waals surface area contributed by atoms with Crippen molar-refractivity contribution in [3.8, 4) is 0 Å². The van der Waals surface area contributed by atoms with Gasteiger partial charge in [-0.1, -0.05) is 45.0 Å². The fourth-order valence-corrected chi connectivity index (χ4v) is 3.34. The van der Waals surface area contributed by atoms with Gasteiger partial charge in [-0.25, -0.2) is 0 Å². The van der Waals surface area contributed by atoms with Crippen molar-refractivity contribution in [2.75, 3.05) is 0 Å². The highest BCUT2D eigenvalue weighted by atomic mass is 31.1. The monoisotopic (exact) mass is 242 g/mol. The summed E-state index contributed by atoms with van der Waals surface area (Å²) in [4.78, 5) is 0. The van der Waals surface area contributed by atoms with Crippen LogP contribution in [0.1, 0.15) is 22.3 Å². The quantitative estimate of drug-likeness (QED) is 0.706. The Kier molecular flexibility index (Phi) is 3.64. The Balaban J connectivity index is 2.38. The first-order chi connectivity index (χ1) is 8.09. The van der Waals surface area contributed by atoms with Crippen LogP contribution in [0, 0.1) is 27.7 Å². The molecule has 0 aromatic heterocycles. The normalized spacial score (nSPS) is 10.6. The summed E-state index contributed by atoms with van der Waals surface area (Å²) in [6, 6.07) is 13.2. The van der Waals surface area contributed by atoms with E-state index in [0.717, 1.165) is 8.58 Å². The van der Waals surface area contributed by atoms with Crippen LogP contribution in [0.2, 0.25) is 0 Å². The fraction of sp³-hybridized carbons (Fsp3) is 0.250. The molecule has 0 spiro atoms. The number of benzene rings is 2. The molecule has 0 nitrogen and oxygen atoms in total. The molecule has 0 atom stereocenters. The molecule has 2 aromatic rings. The van der Waals surface area contributed by atoms with Crippen LogP contribution in [0.4, 0.5) is 0 Å². The fourth-order valence-electron chi connectivity index (χ4n) is 1.92. The van der Waals surface area contributed by atoms with E-state index >= 15 is 0 Å². The lowest BCUT2D eigenvalue weighted by Gasteiger charge is -2.12. The van der Waals surface area contributed by atoms with Crippen molar-refractivity contribution >= 4 is 19.2 Å². The van der Waals surface area contributed by atoms with Crippen molar-refractivity contribution in [2.24, 2.45) is 0 Å². The summed E-state index contributed by atoms with van der Waals surface area (Å²) >= 11 is 0. The van der Waals surface area contributed by atoms with Gasteiger partial charge in [0.15, 0.2) is 0 Å². The summed E-state index contributed by atoms with van der Waals surface area (Å²) in [5.74, 6) is 0. The molecule has 0 aliphatic heterocycles. The molecule has 0 bridgehead atoms. The maximum atomic E-state index is 2.25. The van der Waals surface area contributed by atoms with E-state index in [0.29, 0.717) is 0 Å². The van der Waals surface area contributed by atoms with Crippen molar-refractivity contribution in [3.05, 3.63) is 58.7 Å². The van der Waals surface area contributed by atoms with Gasteiger partial charge in [0, 0.05) is 0 Å². The maximum Gasteiger partial charge on any atom is -0.0194 e. The van der Waals surface area contributed by atoms with E-state index in [1.54, 1.807) is 0 Å². The lowest BCUT2D eigenvalue weighted by Crippen LogP contribution is -2.11. The zero-order chi connectivity index (χ0) is 12.4. The number of hydrogen-bond acceptors (Lipinski definition) is 0. The Morgan fingerprint density at radius 3 is 1.47 bits per heavy atom. The van der Waals surface area contributed by atoms with Gasteiger partial charge in [0.25, 0.3) is 0 Å². The lowest BCUT2D eigenvalue weighted by molar-refractivity contribution is 1.36. The Morgan fingerprint density at radius 1 is 0.647 bits per heavy atom. The third-order valence-electron chi connectivity index (χ3n) is 3.48. The van der Waals surface area contributed by atoms with E-state index in [1.165, 1.54) is 32.9 Å². The molecule has 0 heterocycles. The van der Waals surface area contributed by atoms with Crippen LogP contribution >= 0.6 is 8.58 Å². The first kappa shape index (κ1) is 12.3. The summed E-state index contributed by atoms with van der Waals surface area (Å²) in [6.07, 6.45) is 0. The minimum Gasteiger partial charge on any atom is -0.0613 e. The number of hydrogen-bond donors (Lipinski definition) is 0. The topological polar surface area (TPSA) is 0 Å². The second-order valence-electron chi connectivity index (χ2n) is 4.62. The van der Waals surface area contributed by atoms with Crippen molar-refractivity contribution in [2.45, 2.75) is 27.7 Å². The van der Waals surface area contributed by atoms with Gasteiger partial charge in [-0.15, -0.1) is 0 Å². The van der Waals surface area contributed by atoms with Gasteiger partial charge in [-0.05, 0) is 60.6 Å². The third-order valence-corrected chi connectivity index (χ3v) is 5.10. The zero-order valence-electron chi connectivity index (χ0n) is 11.0. The summed E-state index contributed by atoms with van der Waals surface area (Å²) in [6.45, 7) is 8.82. The van der Waals surface area contributed by atoms with Crippen molar-refractivity contribution in [1.29, 1.82) is 0 Å². The van der Waals surface area contributed by atoms with Gasteiger partial charge >= 0.3 is 0 Å². The third kappa shape index (κ3) is 2.58. The number of aryl methyl sites for hydroxylation is 2. The molecule has 0 radical (unpaired) electrons. The summed E-state index contributed by atoms with van der Waals surface area (Å²) < 4.78 is 0. The largest absolute Gasteiger partial charge is 0.0613 e. The molecule has 2 aromatic carbocycles. The van der Waals surface area contributed by atoms with E-state index in [4.69, 9.17) is 0 Å². The smallest absolute Gasteiger partial charge is 0.0194 e. The maximum absolute atomic E-state index is 2.25. The lowest BCUT2D eigenvalue weighted by atomic mass is 10.1. The van der Waals surface area contributed by atoms with Crippen LogP contribution < -0.4 is 10.6 Å². The molecule has 0 N–H and O–H groups in total. The van der Waals surface area contributed by atoms with Gasteiger partial charge in [-0.2, -0.15) is 0 Å². The summed E-state index contributed by atoms with van der Waals surface area (Å²) in [5, 5.41) is 2.94. The molecule has 0 fully saturated rings. The highest BCUT2D eigenvalue weighted by Gasteiger charge is 2.05. The van der Waals surface area contributed by atoms with Gasteiger partial charge in [0.2, 0.25) is 0 Å². The minimum absolute atomic E-state index is 0.767. The van der Waals surface area contributed by atoms with Crippen molar-refractivity contribution in [3.63, 3.8) is 0 Å². The molecular weight excluding hydrogens is 223 g/mol. The second kappa shape index (κ2) is 5.02. The van der Waals surface area contributed by atoms with Gasteiger partial charge in [0.1, 0.15) is 0 Å². The average molecular weight is 242 g/mol. The molecule has 1 heteroatoms. The zero-order valence-corrected chi connectivity index (χ0v) is 12.0. The highest BCUT2D eigenvalue weighted by Crippen LogP contribution is 2.19. The summed E-state index contributed by atoms with van der Waals surface area (Å²) in [7, 11) is 0.767. The molecule has 0 amide bonds. The molecule has 0 saturated carbocycles. The molecule has 2 rings (SSSR count). The summed E-state index contributed by atoms with van der Waals surface area (Å²) in [5.41, 5.74) is 5.65. The van der Waals surface area contributed by atoms with Gasteiger partial charge in [0.05, 0.1) is 0 Å².